The number of hydrogen-bond acceptors (Lipinski definition) is 4. The van der Waals surface area contributed by atoms with Gasteiger partial charge in [0.1, 0.15) is 5.60 Å². The third-order valence-corrected chi connectivity index (χ3v) is 4.49. The maximum absolute atomic E-state index is 13.2. The van der Waals surface area contributed by atoms with Crippen LogP contribution in [0, 0.1) is 0 Å². The highest BCUT2D eigenvalue weighted by Gasteiger charge is 2.32. The first-order valence-electron chi connectivity index (χ1n) is 9.81. The van der Waals surface area contributed by atoms with Crippen LogP contribution in [0.3, 0.4) is 0 Å². The van der Waals surface area contributed by atoms with E-state index in [1.807, 2.05) is 0 Å². The van der Waals surface area contributed by atoms with E-state index >= 15 is 0 Å². The van der Waals surface area contributed by atoms with Crippen molar-refractivity contribution in [2.75, 3.05) is 4.90 Å². The first-order valence-corrected chi connectivity index (χ1v) is 9.81. The van der Waals surface area contributed by atoms with Gasteiger partial charge in [-0.2, -0.15) is 13.2 Å². The number of aliphatic hydroxyl groups excluding tert-OH is 1. The number of carbonyl (C=O) groups is 1. The molecule has 0 aliphatic heterocycles. The van der Waals surface area contributed by atoms with E-state index in [2.05, 4.69) is 4.98 Å². The predicted molar refractivity (Wildman–Crippen MR) is 114 cm³/mol. The molecule has 6 nitrogen and oxygen atoms in total. The van der Waals surface area contributed by atoms with Crippen LogP contribution < -0.4 is 4.90 Å². The van der Waals surface area contributed by atoms with Crippen LogP contribution in [-0.4, -0.2) is 26.4 Å². The van der Waals surface area contributed by atoms with Gasteiger partial charge in [-0.3, -0.25) is 0 Å². The van der Waals surface area contributed by atoms with Crippen LogP contribution >= 0.6 is 0 Å². The number of hydrogen-bond donors (Lipinski definition) is 1. The number of rotatable bonds is 4. The first kappa shape index (κ1) is 23.3. The highest BCUT2D eigenvalue weighted by molar-refractivity contribution is 6.00. The van der Waals surface area contributed by atoms with Crippen molar-refractivity contribution in [1.82, 2.24) is 9.55 Å². The Morgan fingerprint density at radius 2 is 1.78 bits per heavy atom. The van der Waals surface area contributed by atoms with Gasteiger partial charge < -0.3 is 14.4 Å². The highest BCUT2D eigenvalue weighted by Crippen LogP contribution is 2.38. The van der Waals surface area contributed by atoms with Crippen LogP contribution in [0.1, 0.15) is 31.9 Å². The molecule has 0 aliphatic carbocycles. The second-order valence-electron chi connectivity index (χ2n) is 8.29. The Morgan fingerprint density at radius 3 is 2.28 bits per heavy atom. The number of carbonyl (C=O) groups excluding carboxylic acids is 1. The molecule has 0 atom stereocenters. The van der Waals surface area contributed by atoms with Crippen molar-refractivity contribution >= 4 is 17.5 Å². The molecule has 1 heterocycles. The quantitative estimate of drug-likeness (QED) is 0.560. The molecule has 0 spiro atoms. The number of benzene rings is 2. The third-order valence-electron chi connectivity index (χ3n) is 4.49. The zero-order valence-corrected chi connectivity index (χ0v) is 18.1. The smallest absolute Gasteiger partial charge is 0.419 e. The fourth-order valence-electron chi connectivity index (χ4n) is 3.08. The standard InChI is InChI=1S/C23H24F3N3O3/c1-22(2,3)32-21(31)29(17-8-6-16(7-9-17)23(24,25)26)20-10-5-15(13-30)11-18(20)19-12-28(4)14-27-19/h5-12,14,30H,13H2,1-4H3. The van der Waals surface area contributed by atoms with E-state index in [0.717, 1.165) is 12.1 Å². The molecule has 3 aromatic rings. The summed E-state index contributed by atoms with van der Waals surface area (Å²) in [6.07, 6.45) is -1.94. The number of aromatic nitrogens is 2. The average molecular weight is 447 g/mol. The van der Waals surface area contributed by atoms with E-state index in [1.165, 1.54) is 17.0 Å². The van der Waals surface area contributed by atoms with Crippen molar-refractivity contribution in [1.29, 1.82) is 0 Å². The number of imidazole rings is 1. The van der Waals surface area contributed by atoms with Gasteiger partial charge in [-0.05, 0) is 62.7 Å². The molecule has 0 unspecified atom stereocenters. The minimum atomic E-state index is -4.50. The fraction of sp³-hybridized carbons (Fsp3) is 0.304. The summed E-state index contributed by atoms with van der Waals surface area (Å²) >= 11 is 0. The minimum absolute atomic E-state index is 0.196. The highest BCUT2D eigenvalue weighted by atomic mass is 19.4. The summed E-state index contributed by atoms with van der Waals surface area (Å²) in [7, 11) is 1.79. The van der Waals surface area contributed by atoms with Crippen LogP contribution in [-0.2, 0) is 24.6 Å². The molecule has 2 aromatic carbocycles. The van der Waals surface area contributed by atoms with E-state index in [9.17, 15) is 23.1 Å². The summed E-state index contributed by atoms with van der Waals surface area (Å²) in [6.45, 7) is 4.87. The van der Waals surface area contributed by atoms with Gasteiger partial charge in [0, 0.05) is 18.8 Å². The molecule has 0 bridgehead atoms. The Bertz CT molecular complexity index is 1100. The zero-order valence-electron chi connectivity index (χ0n) is 18.1. The Hall–Kier alpha value is -3.33. The molecule has 32 heavy (non-hydrogen) atoms. The molecule has 170 valence electrons. The van der Waals surface area contributed by atoms with Gasteiger partial charge >= 0.3 is 12.3 Å². The molecule has 1 amide bonds. The molecule has 0 fully saturated rings. The number of amides is 1. The number of anilines is 2. The Morgan fingerprint density at radius 1 is 1.12 bits per heavy atom. The normalized spacial score (nSPS) is 12.0. The number of ether oxygens (including phenoxy) is 1. The maximum Gasteiger partial charge on any atom is 0.419 e. The van der Waals surface area contributed by atoms with Crippen LogP contribution in [0.5, 0.6) is 0 Å². The average Bonchev–Trinajstić information content (AvgIpc) is 3.13. The van der Waals surface area contributed by atoms with Gasteiger partial charge in [0.2, 0.25) is 0 Å². The first-order chi connectivity index (χ1) is 14.9. The zero-order chi connectivity index (χ0) is 23.7. The van der Waals surface area contributed by atoms with Gasteiger partial charge in [0.15, 0.2) is 0 Å². The summed E-state index contributed by atoms with van der Waals surface area (Å²) in [5, 5.41) is 9.59. The summed E-state index contributed by atoms with van der Waals surface area (Å²) < 4.78 is 46.4. The van der Waals surface area contributed by atoms with Crippen molar-refractivity contribution < 1.29 is 27.8 Å². The number of nitrogens with zero attached hydrogens (tertiary/aromatic N) is 3. The number of aryl methyl sites for hydroxylation is 1. The topological polar surface area (TPSA) is 67.6 Å². The summed E-state index contributed by atoms with van der Waals surface area (Å²) in [5.41, 5.74) is 0.520. The van der Waals surface area contributed by atoms with Crippen molar-refractivity contribution in [3.8, 4) is 11.3 Å². The van der Waals surface area contributed by atoms with Crippen molar-refractivity contribution in [3.05, 3.63) is 66.1 Å². The molecule has 1 aromatic heterocycles. The maximum atomic E-state index is 13.2. The van der Waals surface area contributed by atoms with E-state index in [1.54, 1.807) is 63.1 Å². The lowest BCUT2D eigenvalue weighted by Gasteiger charge is -2.29. The minimum Gasteiger partial charge on any atom is -0.443 e. The van der Waals surface area contributed by atoms with Crippen molar-refractivity contribution in [2.24, 2.45) is 7.05 Å². The third kappa shape index (κ3) is 5.28. The summed E-state index contributed by atoms with van der Waals surface area (Å²) in [4.78, 5) is 18.7. The molecule has 0 saturated heterocycles. The van der Waals surface area contributed by atoms with Gasteiger partial charge in [-0.1, -0.05) is 6.07 Å². The van der Waals surface area contributed by atoms with Crippen LogP contribution in [0.25, 0.3) is 11.3 Å². The van der Waals surface area contributed by atoms with Crippen LogP contribution in [0.15, 0.2) is 55.0 Å². The van der Waals surface area contributed by atoms with Gasteiger partial charge in [-0.15, -0.1) is 0 Å². The molecule has 1 N–H and O–H groups in total. The van der Waals surface area contributed by atoms with Crippen molar-refractivity contribution in [2.45, 2.75) is 39.2 Å². The van der Waals surface area contributed by atoms with Crippen LogP contribution in [0.4, 0.5) is 29.3 Å². The van der Waals surface area contributed by atoms with Gasteiger partial charge in [0.05, 0.1) is 35.6 Å². The second kappa shape index (κ2) is 8.66. The summed E-state index contributed by atoms with van der Waals surface area (Å²) in [6, 6.07) is 9.17. The van der Waals surface area contributed by atoms with E-state index in [0.29, 0.717) is 22.5 Å². The number of aliphatic hydroxyl groups is 1. The van der Waals surface area contributed by atoms with E-state index < -0.39 is 23.4 Å². The number of alkyl halides is 3. The molecule has 0 aliphatic rings. The molecular weight excluding hydrogens is 423 g/mol. The van der Waals surface area contributed by atoms with Gasteiger partial charge in [0.25, 0.3) is 0 Å². The monoisotopic (exact) mass is 447 g/mol. The van der Waals surface area contributed by atoms with Crippen LogP contribution in [0.2, 0.25) is 0 Å². The predicted octanol–water partition coefficient (Wildman–Crippen LogP) is 5.67. The van der Waals surface area contributed by atoms with Gasteiger partial charge in [-0.25, -0.2) is 14.7 Å². The molecule has 3 rings (SSSR count). The lowest BCUT2D eigenvalue weighted by Crippen LogP contribution is -2.34. The molecule has 0 radical (unpaired) electrons. The summed E-state index contributed by atoms with van der Waals surface area (Å²) in [5.74, 6) is 0. The lowest BCUT2D eigenvalue weighted by molar-refractivity contribution is -0.137. The second-order valence-corrected chi connectivity index (χ2v) is 8.29. The lowest BCUT2D eigenvalue weighted by atomic mass is 10.0. The number of halogens is 3. The van der Waals surface area contributed by atoms with E-state index in [4.69, 9.17) is 4.74 Å². The van der Waals surface area contributed by atoms with E-state index in [-0.39, 0.29) is 12.3 Å². The fourth-order valence-corrected chi connectivity index (χ4v) is 3.08. The molecular formula is C23H24F3N3O3. The molecule has 9 heteroatoms. The Kier molecular flexibility index (Phi) is 6.32. The molecule has 0 saturated carbocycles. The largest absolute Gasteiger partial charge is 0.443 e. The Balaban J connectivity index is 2.19. The Labute approximate surface area is 183 Å². The SMILES string of the molecule is Cn1cnc(-c2cc(CO)ccc2N(C(=O)OC(C)(C)C)c2ccc(C(F)(F)F)cc2)c1. The van der Waals surface area contributed by atoms with Crippen molar-refractivity contribution in [3.63, 3.8) is 0 Å².